The molecule has 2 heterocycles. The maximum absolute atomic E-state index is 13.1. The third kappa shape index (κ3) is 5.66. The first-order valence-electron chi connectivity index (χ1n) is 11.2. The van der Waals surface area contributed by atoms with Gasteiger partial charge in [0.2, 0.25) is 0 Å². The number of carbonyl (C=O) groups is 2. The molecule has 176 valence electrons. The molecule has 1 saturated heterocycles. The molecular formula is C26H27ClN4O3. The number of amides is 3. The summed E-state index contributed by atoms with van der Waals surface area (Å²) >= 11 is 6.01. The first-order chi connectivity index (χ1) is 16.4. The van der Waals surface area contributed by atoms with Crippen LogP contribution in [0.1, 0.15) is 40.5 Å². The van der Waals surface area contributed by atoms with Crippen molar-refractivity contribution in [1.82, 2.24) is 9.88 Å². The lowest BCUT2D eigenvalue weighted by atomic mass is 9.90. The van der Waals surface area contributed by atoms with Gasteiger partial charge in [-0.1, -0.05) is 17.7 Å². The largest absolute Gasteiger partial charge is 0.497 e. The number of hydrogen-bond acceptors (Lipinski definition) is 4. The van der Waals surface area contributed by atoms with E-state index < -0.39 is 0 Å². The lowest BCUT2D eigenvalue weighted by molar-refractivity contribution is 0.102. The summed E-state index contributed by atoms with van der Waals surface area (Å²) < 4.78 is 5.17. The molecule has 0 bridgehead atoms. The Balaban J connectivity index is 1.42. The number of hydrogen-bond donors (Lipinski definition) is 2. The normalized spacial score (nSPS) is 13.9. The van der Waals surface area contributed by atoms with Crippen molar-refractivity contribution < 1.29 is 14.3 Å². The van der Waals surface area contributed by atoms with Crippen LogP contribution >= 0.6 is 11.6 Å². The molecule has 8 heteroatoms. The van der Waals surface area contributed by atoms with Crippen molar-refractivity contribution in [3.05, 3.63) is 82.6 Å². The van der Waals surface area contributed by atoms with E-state index >= 15 is 0 Å². The van der Waals surface area contributed by atoms with Gasteiger partial charge in [0.1, 0.15) is 5.75 Å². The number of pyridine rings is 1. The fraction of sp³-hybridized carbons (Fsp3) is 0.269. The Labute approximate surface area is 204 Å². The molecule has 2 aromatic carbocycles. The topological polar surface area (TPSA) is 83.6 Å². The lowest BCUT2D eigenvalue weighted by Crippen LogP contribution is -2.41. The summed E-state index contributed by atoms with van der Waals surface area (Å²) in [6.07, 6.45) is 1.45. The molecule has 0 saturated carbocycles. The van der Waals surface area contributed by atoms with E-state index in [-0.39, 0.29) is 17.9 Å². The van der Waals surface area contributed by atoms with Crippen LogP contribution in [0.3, 0.4) is 0 Å². The second-order valence-electron chi connectivity index (χ2n) is 8.27. The molecule has 0 atom stereocenters. The second-order valence-corrected chi connectivity index (χ2v) is 8.71. The van der Waals surface area contributed by atoms with Crippen molar-refractivity contribution in [1.29, 1.82) is 0 Å². The molecule has 1 aliphatic rings. The highest BCUT2D eigenvalue weighted by Gasteiger charge is 2.28. The molecule has 1 aliphatic heterocycles. The van der Waals surface area contributed by atoms with Crippen LogP contribution in [0.15, 0.2) is 60.7 Å². The van der Waals surface area contributed by atoms with Crippen LogP contribution in [-0.4, -0.2) is 42.0 Å². The number of nitrogens with zero attached hydrogens (tertiary/aromatic N) is 2. The number of anilines is 2. The van der Waals surface area contributed by atoms with Crippen molar-refractivity contribution in [3.63, 3.8) is 0 Å². The Morgan fingerprint density at radius 1 is 1.00 bits per heavy atom. The molecule has 2 N–H and O–H groups in total. The van der Waals surface area contributed by atoms with Crippen molar-refractivity contribution >= 4 is 34.9 Å². The Kier molecular flexibility index (Phi) is 7.33. The van der Waals surface area contributed by atoms with Crippen LogP contribution in [0.2, 0.25) is 5.02 Å². The Hall–Kier alpha value is -3.58. The van der Waals surface area contributed by atoms with Crippen molar-refractivity contribution in [2.24, 2.45) is 0 Å². The minimum atomic E-state index is -0.200. The molecular weight excluding hydrogens is 452 g/mol. The highest BCUT2D eigenvalue weighted by atomic mass is 35.5. The van der Waals surface area contributed by atoms with Gasteiger partial charge in [-0.15, -0.1) is 0 Å². The second kappa shape index (κ2) is 10.6. The average Bonchev–Trinajstić information content (AvgIpc) is 2.84. The fourth-order valence-corrected chi connectivity index (χ4v) is 4.27. The van der Waals surface area contributed by atoms with Crippen LogP contribution in [0.25, 0.3) is 0 Å². The van der Waals surface area contributed by atoms with Crippen LogP contribution in [-0.2, 0) is 0 Å². The summed E-state index contributed by atoms with van der Waals surface area (Å²) in [7, 11) is 1.60. The minimum Gasteiger partial charge on any atom is -0.497 e. The van der Waals surface area contributed by atoms with Crippen LogP contribution < -0.4 is 15.4 Å². The number of halogens is 1. The molecule has 3 amide bonds. The Bertz CT molecular complexity index is 1170. The summed E-state index contributed by atoms with van der Waals surface area (Å²) in [6, 6.07) is 17.8. The van der Waals surface area contributed by atoms with Crippen molar-refractivity contribution in [2.45, 2.75) is 25.7 Å². The first-order valence-corrected chi connectivity index (χ1v) is 11.5. The average molecular weight is 479 g/mol. The lowest BCUT2D eigenvalue weighted by Gasteiger charge is -2.32. The van der Waals surface area contributed by atoms with Gasteiger partial charge in [-0.25, -0.2) is 4.79 Å². The van der Waals surface area contributed by atoms with E-state index in [0.717, 1.165) is 30.0 Å². The summed E-state index contributed by atoms with van der Waals surface area (Å²) in [6.45, 7) is 3.07. The van der Waals surface area contributed by atoms with E-state index in [1.54, 1.807) is 60.5 Å². The number of ether oxygens (including phenoxy) is 1. The van der Waals surface area contributed by atoms with Gasteiger partial charge in [-0.3, -0.25) is 9.78 Å². The van der Waals surface area contributed by atoms with Crippen molar-refractivity contribution in [2.75, 3.05) is 30.8 Å². The zero-order valence-corrected chi connectivity index (χ0v) is 19.9. The van der Waals surface area contributed by atoms with Crippen LogP contribution in [0, 0.1) is 6.92 Å². The van der Waals surface area contributed by atoms with Gasteiger partial charge >= 0.3 is 6.03 Å². The van der Waals surface area contributed by atoms with Gasteiger partial charge in [0, 0.05) is 41.1 Å². The van der Waals surface area contributed by atoms with Gasteiger partial charge in [-0.05, 0) is 74.4 Å². The zero-order valence-electron chi connectivity index (χ0n) is 19.2. The SMILES string of the molecule is COc1ccc(NC(=O)c2ccc(C)nc2C2CCN(C(=O)Nc3cccc(Cl)c3)CC2)cc1. The molecule has 0 unspecified atom stereocenters. The Morgan fingerprint density at radius 2 is 1.74 bits per heavy atom. The molecule has 4 rings (SSSR count). The molecule has 0 aliphatic carbocycles. The minimum absolute atomic E-state index is 0.0896. The summed E-state index contributed by atoms with van der Waals surface area (Å²) in [5.74, 6) is 0.613. The standard InChI is InChI=1S/C26H27ClN4O3/c1-17-6-11-23(25(32)29-20-7-9-22(34-2)10-8-20)24(28-17)18-12-14-31(15-13-18)26(33)30-21-5-3-4-19(27)16-21/h3-11,16,18H,12-15H2,1-2H3,(H,29,32)(H,30,33). The number of methoxy groups -OCH3 is 1. The van der Waals surface area contributed by atoms with Gasteiger partial charge in [0.15, 0.2) is 0 Å². The van der Waals surface area contributed by atoms with E-state index in [1.165, 1.54) is 0 Å². The number of likely N-dealkylation sites (tertiary alicyclic amines) is 1. The van der Waals surface area contributed by atoms with E-state index in [1.807, 2.05) is 19.1 Å². The van der Waals surface area contributed by atoms with E-state index in [9.17, 15) is 9.59 Å². The number of aromatic nitrogens is 1. The summed E-state index contributed by atoms with van der Waals surface area (Å²) in [5.41, 5.74) is 3.54. The number of nitrogens with one attached hydrogen (secondary N) is 2. The highest BCUT2D eigenvalue weighted by Crippen LogP contribution is 2.30. The molecule has 1 fully saturated rings. The predicted molar refractivity (Wildman–Crippen MR) is 134 cm³/mol. The first kappa shape index (κ1) is 23.6. The number of rotatable bonds is 5. The number of urea groups is 1. The summed E-state index contributed by atoms with van der Waals surface area (Å²) in [5, 5.41) is 6.41. The van der Waals surface area contributed by atoms with Gasteiger partial charge in [0.25, 0.3) is 5.91 Å². The fourth-order valence-electron chi connectivity index (χ4n) is 4.08. The van der Waals surface area contributed by atoms with Gasteiger partial charge in [-0.2, -0.15) is 0 Å². The maximum Gasteiger partial charge on any atom is 0.321 e. The molecule has 34 heavy (non-hydrogen) atoms. The third-order valence-corrected chi connectivity index (χ3v) is 6.14. The third-order valence-electron chi connectivity index (χ3n) is 5.90. The van der Waals surface area contributed by atoms with Crippen LogP contribution in [0.4, 0.5) is 16.2 Å². The van der Waals surface area contributed by atoms with Gasteiger partial charge < -0.3 is 20.3 Å². The quantitative estimate of drug-likeness (QED) is 0.491. The van der Waals surface area contributed by atoms with Gasteiger partial charge in [0.05, 0.1) is 18.4 Å². The number of carbonyl (C=O) groups excluding carboxylic acids is 2. The molecule has 7 nitrogen and oxygen atoms in total. The predicted octanol–water partition coefficient (Wildman–Crippen LogP) is 5.72. The maximum atomic E-state index is 13.1. The monoisotopic (exact) mass is 478 g/mol. The van der Waals surface area contributed by atoms with Crippen molar-refractivity contribution in [3.8, 4) is 5.75 Å². The van der Waals surface area contributed by atoms with E-state index in [2.05, 4.69) is 10.6 Å². The zero-order chi connectivity index (χ0) is 24.1. The molecule has 1 aromatic heterocycles. The smallest absolute Gasteiger partial charge is 0.321 e. The highest BCUT2D eigenvalue weighted by molar-refractivity contribution is 6.30. The molecule has 0 radical (unpaired) electrons. The van der Waals surface area contributed by atoms with E-state index in [0.29, 0.717) is 35.1 Å². The number of aryl methyl sites for hydroxylation is 1. The number of benzene rings is 2. The Morgan fingerprint density at radius 3 is 2.41 bits per heavy atom. The van der Waals surface area contributed by atoms with E-state index in [4.69, 9.17) is 21.3 Å². The molecule has 0 spiro atoms. The molecule has 3 aromatic rings. The number of piperidine rings is 1. The van der Waals surface area contributed by atoms with Crippen LogP contribution in [0.5, 0.6) is 5.75 Å². The summed E-state index contributed by atoms with van der Waals surface area (Å²) in [4.78, 5) is 32.3.